The number of nitrogens with zero attached hydrogens (tertiary/aromatic N) is 1. The highest BCUT2D eigenvalue weighted by molar-refractivity contribution is 7.10. The standard InChI is InChI=1S/C11H11ClN2OS/c1-15-8-3-2-5-14-10(8)9(13)11-7(12)4-6-16-11/h2-6,9H,13H2,1H3. The molecule has 2 rings (SSSR count). The van der Waals surface area contributed by atoms with Crippen LogP contribution in [0.4, 0.5) is 0 Å². The largest absolute Gasteiger partial charge is 0.495 e. The molecule has 0 saturated carbocycles. The van der Waals surface area contributed by atoms with Gasteiger partial charge in [0.05, 0.1) is 18.2 Å². The molecule has 0 aliphatic carbocycles. The van der Waals surface area contributed by atoms with Crippen LogP contribution >= 0.6 is 22.9 Å². The Morgan fingerprint density at radius 3 is 2.94 bits per heavy atom. The van der Waals surface area contributed by atoms with E-state index in [0.717, 1.165) is 4.88 Å². The number of halogens is 1. The average Bonchev–Trinajstić information content (AvgIpc) is 2.74. The second-order valence-electron chi connectivity index (χ2n) is 3.20. The van der Waals surface area contributed by atoms with Gasteiger partial charge in [-0.25, -0.2) is 0 Å². The minimum Gasteiger partial charge on any atom is -0.495 e. The Morgan fingerprint density at radius 1 is 1.50 bits per heavy atom. The first kappa shape index (κ1) is 11.4. The average molecular weight is 255 g/mol. The molecule has 2 heterocycles. The molecule has 84 valence electrons. The molecule has 0 aliphatic heterocycles. The van der Waals surface area contributed by atoms with E-state index in [4.69, 9.17) is 22.1 Å². The maximum absolute atomic E-state index is 6.12. The first-order valence-electron chi connectivity index (χ1n) is 4.71. The van der Waals surface area contributed by atoms with Gasteiger partial charge in [-0.15, -0.1) is 11.3 Å². The SMILES string of the molecule is COc1cccnc1C(N)c1sccc1Cl. The Kier molecular flexibility index (Phi) is 3.43. The third-order valence-electron chi connectivity index (χ3n) is 2.24. The Balaban J connectivity index is 2.41. The molecule has 0 aromatic carbocycles. The summed E-state index contributed by atoms with van der Waals surface area (Å²) in [5.74, 6) is 0.680. The molecule has 2 aromatic heterocycles. The van der Waals surface area contributed by atoms with Gasteiger partial charge in [0.15, 0.2) is 0 Å². The third-order valence-corrected chi connectivity index (χ3v) is 3.68. The highest BCUT2D eigenvalue weighted by atomic mass is 35.5. The fourth-order valence-corrected chi connectivity index (χ4v) is 2.64. The zero-order valence-electron chi connectivity index (χ0n) is 8.68. The van der Waals surface area contributed by atoms with Gasteiger partial charge >= 0.3 is 0 Å². The van der Waals surface area contributed by atoms with Gasteiger partial charge in [-0.05, 0) is 23.6 Å². The Hall–Kier alpha value is -1.10. The summed E-state index contributed by atoms with van der Waals surface area (Å²) in [4.78, 5) is 5.15. The molecule has 3 nitrogen and oxygen atoms in total. The maximum Gasteiger partial charge on any atom is 0.142 e. The van der Waals surface area contributed by atoms with E-state index in [1.165, 1.54) is 11.3 Å². The molecule has 0 radical (unpaired) electrons. The predicted molar refractivity (Wildman–Crippen MR) is 66.1 cm³/mol. The summed E-state index contributed by atoms with van der Waals surface area (Å²) in [6.45, 7) is 0. The molecular weight excluding hydrogens is 244 g/mol. The highest BCUT2D eigenvalue weighted by Gasteiger charge is 2.18. The molecule has 1 unspecified atom stereocenters. The van der Waals surface area contributed by atoms with E-state index in [9.17, 15) is 0 Å². The molecule has 2 aromatic rings. The molecule has 0 fully saturated rings. The fourth-order valence-electron chi connectivity index (χ4n) is 1.46. The number of methoxy groups -OCH3 is 1. The van der Waals surface area contributed by atoms with E-state index in [1.807, 2.05) is 23.6 Å². The quantitative estimate of drug-likeness (QED) is 0.916. The van der Waals surface area contributed by atoms with Crippen molar-refractivity contribution in [3.63, 3.8) is 0 Å². The lowest BCUT2D eigenvalue weighted by Crippen LogP contribution is -2.13. The summed E-state index contributed by atoms with van der Waals surface area (Å²) in [5.41, 5.74) is 6.82. The van der Waals surface area contributed by atoms with Crippen molar-refractivity contribution in [2.45, 2.75) is 6.04 Å². The molecule has 0 aliphatic rings. The Labute approximate surface area is 103 Å². The van der Waals surface area contributed by atoms with Crippen LogP contribution in [-0.4, -0.2) is 12.1 Å². The normalized spacial score (nSPS) is 12.4. The van der Waals surface area contributed by atoms with Crippen molar-refractivity contribution in [3.8, 4) is 5.75 Å². The lowest BCUT2D eigenvalue weighted by atomic mass is 10.1. The van der Waals surface area contributed by atoms with Crippen molar-refractivity contribution in [1.82, 2.24) is 4.98 Å². The predicted octanol–water partition coefficient (Wildman–Crippen LogP) is 2.85. The van der Waals surface area contributed by atoms with E-state index in [1.54, 1.807) is 13.3 Å². The van der Waals surface area contributed by atoms with Gasteiger partial charge in [0, 0.05) is 11.1 Å². The highest BCUT2D eigenvalue weighted by Crippen LogP contribution is 2.33. The van der Waals surface area contributed by atoms with E-state index in [-0.39, 0.29) is 6.04 Å². The summed E-state index contributed by atoms with van der Waals surface area (Å²) in [6.07, 6.45) is 1.69. The van der Waals surface area contributed by atoms with E-state index in [2.05, 4.69) is 4.98 Å². The van der Waals surface area contributed by atoms with Crippen molar-refractivity contribution in [1.29, 1.82) is 0 Å². The van der Waals surface area contributed by atoms with Crippen molar-refractivity contribution < 1.29 is 4.74 Å². The van der Waals surface area contributed by atoms with Crippen LogP contribution in [0.3, 0.4) is 0 Å². The van der Waals surface area contributed by atoms with Gasteiger partial charge in [0.25, 0.3) is 0 Å². The zero-order valence-corrected chi connectivity index (χ0v) is 10.3. The lowest BCUT2D eigenvalue weighted by molar-refractivity contribution is 0.405. The molecule has 0 bridgehead atoms. The Morgan fingerprint density at radius 2 is 2.31 bits per heavy atom. The Bertz CT molecular complexity index is 486. The minimum atomic E-state index is -0.344. The molecule has 0 spiro atoms. The molecule has 2 N–H and O–H groups in total. The smallest absolute Gasteiger partial charge is 0.142 e. The third kappa shape index (κ3) is 2.04. The molecule has 16 heavy (non-hydrogen) atoms. The molecule has 1 atom stereocenters. The fraction of sp³-hybridized carbons (Fsp3) is 0.182. The summed E-state index contributed by atoms with van der Waals surface area (Å²) >= 11 is 7.56. The van der Waals surface area contributed by atoms with Gasteiger partial charge in [0.1, 0.15) is 11.4 Å². The summed E-state index contributed by atoms with van der Waals surface area (Å²) in [7, 11) is 1.60. The second kappa shape index (κ2) is 4.82. The number of nitrogens with two attached hydrogens (primary N) is 1. The number of rotatable bonds is 3. The number of hydrogen-bond donors (Lipinski definition) is 1. The second-order valence-corrected chi connectivity index (χ2v) is 4.56. The summed E-state index contributed by atoms with van der Waals surface area (Å²) in [6, 6.07) is 5.13. The molecule has 0 saturated heterocycles. The topological polar surface area (TPSA) is 48.1 Å². The molecule has 0 amide bonds. The van der Waals surface area contributed by atoms with Gasteiger partial charge < -0.3 is 10.5 Å². The first-order chi connectivity index (χ1) is 7.74. The molecule has 5 heteroatoms. The van der Waals surface area contributed by atoms with Crippen LogP contribution in [0.2, 0.25) is 5.02 Å². The monoisotopic (exact) mass is 254 g/mol. The van der Waals surface area contributed by atoms with Crippen molar-refractivity contribution in [2.75, 3.05) is 7.11 Å². The van der Waals surface area contributed by atoms with Gasteiger partial charge in [-0.3, -0.25) is 4.98 Å². The van der Waals surface area contributed by atoms with E-state index < -0.39 is 0 Å². The van der Waals surface area contributed by atoms with Crippen LogP contribution in [0.25, 0.3) is 0 Å². The number of pyridine rings is 1. The number of ether oxygens (including phenoxy) is 1. The van der Waals surface area contributed by atoms with Crippen molar-refractivity contribution >= 4 is 22.9 Å². The first-order valence-corrected chi connectivity index (χ1v) is 5.97. The number of aromatic nitrogens is 1. The zero-order chi connectivity index (χ0) is 11.5. The maximum atomic E-state index is 6.12. The number of hydrogen-bond acceptors (Lipinski definition) is 4. The molecular formula is C11H11ClN2OS. The van der Waals surface area contributed by atoms with Crippen LogP contribution in [0, 0.1) is 0 Å². The van der Waals surface area contributed by atoms with Crippen LogP contribution in [0.1, 0.15) is 16.6 Å². The van der Waals surface area contributed by atoms with Crippen LogP contribution in [0.5, 0.6) is 5.75 Å². The van der Waals surface area contributed by atoms with E-state index >= 15 is 0 Å². The van der Waals surface area contributed by atoms with Gasteiger partial charge in [-0.2, -0.15) is 0 Å². The summed E-state index contributed by atoms with van der Waals surface area (Å²) in [5, 5.41) is 2.58. The van der Waals surface area contributed by atoms with Crippen LogP contribution in [0.15, 0.2) is 29.8 Å². The minimum absolute atomic E-state index is 0.344. The van der Waals surface area contributed by atoms with Gasteiger partial charge in [-0.1, -0.05) is 11.6 Å². The van der Waals surface area contributed by atoms with Crippen LogP contribution < -0.4 is 10.5 Å². The summed E-state index contributed by atoms with van der Waals surface area (Å²) < 4.78 is 5.22. The van der Waals surface area contributed by atoms with Crippen LogP contribution in [-0.2, 0) is 0 Å². The van der Waals surface area contributed by atoms with E-state index in [0.29, 0.717) is 16.5 Å². The van der Waals surface area contributed by atoms with Gasteiger partial charge in [0.2, 0.25) is 0 Å². The van der Waals surface area contributed by atoms with Crippen molar-refractivity contribution in [2.24, 2.45) is 5.73 Å². The number of thiophene rings is 1. The lowest BCUT2D eigenvalue weighted by Gasteiger charge is -2.13. The van der Waals surface area contributed by atoms with Crippen molar-refractivity contribution in [3.05, 3.63) is 45.4 Å².